The smallest absolute Gasteiger partial charge is 0.334 e. The summed E-state index contributed by atoms with van der Waals surface area (Å²) in [6, 6.07) is 6.58. The van der Waals surface area contributed by atoms with Crippen LogP contribution in [0, 0.1) is 18.3 Å². The number of anilines is 1. The molecule has 0 radical (unpaired) electrons. The molecule has 1 aromatic carbocycles. The van der Waals surface area contributed by atoms with E-state index in [1.165, 1.54) is 12.4 Å². The van der Waals surface area contributed by atoms with Crippen molar-refractivity contribution in [2.24, 2.45) is 9.98 Å². The number of aliphatic imine (C=N–C) groups is 2. The molecule has 2 rings (SSSR count). The molecule has 1 aromatic heterocycles. The lowest BCUT2D eigenvalue weighted by Crippen LogP contribution is -2.41. The monoisotopic (exact) mass is 378 g/mol. The normalized spacial score (nSPS) is 12.4. The molecule has 0 bridgehead atoms. The number of hydrogen-bond acceptors (Lipinski definition) is 6. The Kier molecular flexibility index (Phi) is 7.22. The van der Waals surface area contributed by atoms with Gasteiger partial charge in [-0.05, 0) is 37.6 Å². The van der Waals surface area contributed by atoms with E-state index in [0.717, 1.165) is 11.3 Å². The van der Waals surface area contributed by atoms with Crippen molar-refractivity contribution in [3.8, 4) is 6.07 Å². The summed E-state index contributed by atoms with van der Waals surface area (Å²) in [5.74, 6) is -0.132. The Bertz CT molecular complexity index is 925. The molecule has 1 atom stereocenters. The first-order valence-corrected chi connectivity index (χ1v) is 8.63. The second kappa shape index (κ2) is 9.83. The third-order valence-electron chi connectivity index (χ3n) is 3.92. The van der Waals surface area contributed by atoms with Crippen LogP contribution in [0.15, 0.2) is 59.7 Å². The zero-order valence-corrected chi connectivity index (χ0v) is 16.1. The fraction of sp³-hybridized carbons (Fsp3) is 0.250. The van der Waals surface area contributed by atoms with E-state index in [-0.39, 0.29) is 6.61 Å². The molecule has 0 aliphatic heterocycles. The van der Waals surface area contributed by atoms with Crippen LogP contribution >= 0.6 is 0 Å². The predicted molar refractivity (Wildman–Crippen MR) is 108 cm³/mol. The summed E-state index contributed by atoms with van der Waals surface area (Å²) < 4.78 is 6.82. The summed E-state index contributed by atoms with van der Waals surface area (Å²) in [7, 11) is 1.77. The number of ether oxygens (including phenoxy) is 1. The van der Waals surface area contributed by atoms with Crippen LogP contribution in [0.25, 0.3) is 0 Å². The zero-order chi connectivity index (χ0) is 20.5. The van der Waals surface area contributed by atoms with Crippen molar-refractivity contribution < 1.29 is 9.53 Å². The Morgan fingerprint density at radius 1 is 1.54 bits per heavy atom. The fourth-order valence-electron chi connectivity index (χ4n) is 2.58. The third kappa shape index (κ3) is 4.92. The molecule has 0 aliphatic rings. The fourth-order valence-corrected chi connectivity index (χ4v) is 2.58. The molecule has 0 spiro atoms. The molecule has 1 unspecified atom stereocenters. The Hall–Kier alpha value is -3.73. The van der Waals surface area contributed by atoms with Gasteiger partial charge in [-0.3, -0.25) is 4.57 Å². The Morgan fingerprint density at radius 3 is 2.89 bits per heavy atom. The number of imidazole rings is 1. The number of aryl methyl sites for hydroxylation is 1. The number of rotatable bonds is 6. The Balaban J connectivity index is 2.39. The zero-order valence-electron chi connectivity index (χ0n) is 16.1. The highest BCUT2D eigenvalue weighted by Crippen LogP contribution is 2.22. The lowest BCUT2D eigenvalue weighted by Gasteiger charge is -2.27. The quantitative estimate of drug-likeness (QED) is 0.437. The summed E-state index contributed by atoms with van der Waals surface area (Å²) in [6.07, 6.45) is 7.67. The second-order valence-electron chi connectivity index (χ2n) is 5.78. The van der Waals surface area contributed by atoms with Gasteiger partial charge in [0.1, 0.15) is 6.33 Å². The number of nitriles is 1. The van der Waals surface area contributed by atoms with Gasteiger partial charge in [0.2, 0.25) is 5.96 Å². The number of carbonyl (C=O) groups is 1. The highest BCUT2D eigenvalue weighted by Gasteiger charge is 2.24. The van der Waals surface area contributed by atoms with Gasteiger partial charge in [-0.25, -0.2) is 19.8 Å². The minimum absolute atomic E-state index is 0.249. The highest BCUT2D eigenvalue weighted by atomic mass is 16.5. The molecule has 0 fully saturated rings. The predicted octanol–water partition coefficient (Wildman–Crippen LogP) is 2.55. The first kappa shape index (κ1) is 20.6. The summed E-state index contributed by atoms with van der Waals surface area (Å²) in [6.45, 7) is 7.46. The van der Waals surface area contributed by atoms with Gasteiger partial charge in [0.25, 0.3) is 0 Å². The van der Waals surface area contributed by atoms with Crippen molar-refractivity contribution in [3.05, 3.63) is 60.8 Å². The first-order valence-electron chi connectivity index (χ1n) is 8.63. The topological polar surface area (TPSA) is 95.9 Å². The average molecular weight is 378 g/mol. The van der Waals surface area contributed by atoms with Gasteiger partial charge in [0, 0.05) is 37.5 Å². The number of hydrogen-bond donors (Lipinski definition) is 0. The second-order valence-corrected chi connectivity index (χ2v) is 5.78. The number of esters is 1. The van der Waals surface area contributed by atoms with Crippen LogP contribution in [0.5, 0.6) is 0 Å². The van der Waals surface area contributed by atoms with Crippen molar-refractivity contribution in [2.75, 3.05) is 18.6 Å². The van der Waals surface area contributed by atoms with Crippen molar-refractivity contribution in [2.45, 2.75) is 19.9 Å². The van der Waals surface area contributed by atoms with Gasteiger partial charge in [-0.1, -0.05) is 6.58 Å². The van der Waals surface area contributed by atoms with Crippen molar-refractivity contribution in [1.29, 1.82) is 5.26 Å². The molecule has 1 heterocycles. The van der Waals surface area contributed by atoms with Gasteiger partial charge >= 0.3 is 5.97 Å². The maximum atomic E-state index is 12.6. The van der Waals surface area contributed by atoms with Crippen LogP contribution in [0.1, 0.15) is 18.1 Å². The summed E-state index contributed by atoms with van der Waals surface area (Å²) >= 11 is 0. The van der Waals surface area contributed by atoms with Crippen LogP contribution in [0.2, 0.25) is 0 Å². The van der Waals surface area contributed by atoms with Crippen LogP contribution in [0.3, 0.4) is 0 Å². The minimum Gasteiger partial charge on any atom is -0.464 e. The molecule has 0 amide bonds. The molecule has 2 aromatic rings. The van der Waals surface area contributed by atoms with Crippen LogP contribution in [-0.4, -0.2) is 47.4 Å². The number of benzene rings is 1. The van der Waals surface area contributed by atoms with Crippen LogP contribution in [-0.2, 0) is 9.53 Å². The largest absolute Gasteiger partial charge is 0.464 e. The summed E-state index contributed by atoms with van der Waals surface area (Å²) in [5.41, 5.74) is 2.20. The maximum absolute atomic E-state index is 12.6. The molecule has 0 N–H and O–H groups in total. The van der Waals surface area contributed by atoms with E-state index >= 15 is 0 Å². The lowest BCUT2D eigenvalue weighted by molar-refractivity contribution is -0.142. The van der Waals surface area contributed by atoms with Crippen molar-refractivity contribution in [1.82, 2.24) is 9.55 Å². The maximum Gasteiger partial charge on any atom is 0.334 e. The van der Waals surface area contributed by atoms with E-state index in [9.17, 15) is 4.79 Å². The number of likely N-dealkylation sites (N-methyl/N-ethyl adjacent to an activating group) is 1. The van der Waals surface area contributed by atoms with Gasteiger partial charge in [-0.15, -0.1) is 0 Å². The van der Waals surface area contributed by atoms with Gasteiger partial charge in [-0.2, -0.15) is 5.26 Å². The number of aromatic nitrogens is 2. The molecule has 8 heteroatoms. The Morgan fingerprint density at radius 2 is 2.32 bits per heavy atom. The highest BCUT2D eigenvalue weighted by molar-refractivity contribution is 6.02. The number of carbonyl (C=O) groups excluding carboxylic acids is 1. The van der Waals surface area contributed by atoms with E-state index in [2.05, 4.69) is 27.6 Å². The molecule has 0 saturated heterocycles. The Labute approximate surface area is 164 Å². The standard InChI is InChI=1S/C20H22N6O2/c1-5-23-20(26-10-9-22-14-26)24-13-18(19(27)28-6-2)25(4)17-8-7-16(12-21)11-15(17)3/h5,7-11,13-14,18H,1,6H2,2-4H3/b23-20?,24-13-. The van der Waals surface area contributed by atoms with E-state index in [1.807, 2.05) is 6.92 Å². The van der Waals surface area contributed by atoms with E-state index in [0.29, 0.717) is 11.5 Å². The minimum atomic E-state index is -0.787. The van der Waals surface area contributed by atoms with Gasteiger partial charge in [0.05, 0.1) is 18.2 Å². The van der Waals surface area contributed by atoms with Crippen molar-refractivity contribution >= 4 is 23.8 Å². The average Bonchev–Trinajstić information content (AvgIpc) is 3.21. The van der Waals surface area contributed by atoms with Crippen LogP contribution < -0.4 is 4.90 Å². The molecule has 0 saturated carbocycles. The van der Waals surface area contributed by atoms with E-state index in [1.54, 1.807) is 60.4 Å². The van der Waals surface area contributed by atoms with Gasteiger partial charge < -0.3 is 9.64 Å². The molecular formula is C20H22N6O2. The van der Waals surface area contributed by atoms with Crippen molar-refractivity contribution in [3.63, 3.8) is 0 Å². The molecule has 8 nitrogen and oxygen atoms in total. The molecule has 144 valence electrons. The van der Waals surface area contributed by atoms with Crippen LogP contribution in [0.4, 0.5) is 5.69 Å². The van der Waals surface area contributed by atoms with E-state index < -0.39 is 12.0 Å². The summed E-state index contributed by atoms with van der Waals surface area (Å²) in [5, 5.41) is 9.06. The summed E-state index contributed by atoms with van der Waals surface area (Å²) in [4.78, 5) is 26.7. The van der Waals surface area contributed by atoms with E-state index in [4.69, 9.17) is 10.00 Å². The third-order valence-corrected chi connectivity index (χ3v) is 3.92. The lowest BCUT2D eigenvalue weighted by atomic mass is 10.1. The SMILES string of the molecule is C=CN=C(/N=C\C(C(=O)OCC)N(C)c1ccc(C#N)cc1C)n1ccnc1. The molecule has 0 aliphatic carbocycles. The molecular weight excluding hydrogens is 356 g/mol. The number of nitrogens with zero attached hydrogens (tertiary/aromatic N) is 6. The molecule has 28 heavy (non-hydrogen) atoms. The van der Waals surface area contributed by atoms with Gasteiger partial charge in [0.15, 0.2) is 6.04 Å². The first-order chi connectivity index (χ1) is 13.5.